The number of carbonyl (C=O) groups excluding carboxylic acids is 1. The lowest BCUT2D eigenvalue weighted by Crippen LogP contribution is -2.58. The van der Waals surface area contributed by atoms with E-state index < -0.39 is 22.0 Å². The third-order valence-corrected chi connectivity index (χ3v) is 7.36. The van der Waals surface area contributed by atoms with Crippen molar-refractivity contribution in [3.63, 3.8) is 0 Å². The molecule has 2 aromatic carbocycles. The first kappa shape index (κ1) is 20.7. The van der Waals surface area contributed by atoms with Gasteiger partial charge in [-0.15, -0.1) is 0 Å². The SMILES string of the molecule is O=C(NO)C1C2CCOC2CCN1S(=O)(=O)c1ccc(Oc2ccc(F)cc2)cc1. The third-order valence-electron chi connectivity index (χ3n) is 5.47. The Balaban J connectivity index is 1.57. The highest BCUT2D eigenvalue weighted by Crippen LogP contribution is 2.37. The van der Waals surface area contributed by atoms with Gasteiger partial charge in [0.1, 0.15) is 23.4 Å². The first-order chi connectivity index (χ1) is 14.4. The fraction of sp³-hybridized carbons (Fsp3) is 0.350. The Morgan fingerprint density at radius 3 is 2.37 bits per heavy atom. The molecule has 2 fully saturated rings. The quantitative estimate of drug-likeness (QED) is 0.551. The monoisotopic (exact) mass is 436 g/mol. The molecule has 0 aromatic heterocycles. The zero-order chi connectivity index (χ0) is 21.3. The number of halogens is 1. The minimum atomic E-state index is -4.00. The van der Waals surface area contributed by atoms with Crippen molar-refractivity contribution in [2.75, 3.05) is 13.2 Å². The molecule has 0 bridgehead atoms. The molecule has 3 unspecified atom stereocenters. The molecule has 2 aliphatic rings. The predicted octanol–water partition coefficient (Wildman–Crippen LogP) is 2.29. The van der Waals surface area contributed by atoms with Crippen LogP contribution in [0.15, 0.2) is 53.4 Å². The van der Waals surface area contributed by atoms with Crippen molar-refractivity contribution in [1.82, 2.24) is 9.79 Å². The number of nitrogens with zero attached hydrogens (tertiary/aromatic N) is 1. The molecule has 10 heteroatoms. The van der Waals surface area contributed by atoms with Gasteiger partial charge in [-0.25, -0.2) is 18.3 Å². The van der Waals surface area contributed by atoms with E-state index in [1.54, 1.807) is 5.48 Å². The van der Waals surface area contributed by atoms with Crippen molar-refractivity contribution >= 4 is 15.9 Å². The van der Waals surface area contributed by atoms with Crippen molar-refractivity contribution in [2.45, 2.75) is 29.9 Å². The average Bonchev–Trinajstić information content (AvgIpc) is 3.23. The summed E-state index contributed by atoms with van der Waals surface area (Å²) in [4.78, 5) is 12.3. The van der Waals surface area contributed by atoms with Crippen LogP contribution in [0.3, 0.4) is 0 Å². The van der Waals surface area contributed by atoms with Crippen molar-refractivity contribution in [1.29, 1.82) is 0 Å². The lowest BCUT2D eigenvalue weighted by atomic mass is 9.87. The van der Waals surface area contributed by atoms with Gasteiger partial charge in [-0.2, -0.15) is 4.31 Å². The van der Waals surface area contributed by atoms with Crippen LogP contribution < -0.4 is 10.2 Å². The number of hydroxylamine groups is 1. The summed E-state index contributed by atoms with van der Waals surface area (Å²) in [6.45, 7) is 0.559. The van der Waals surface area contributed by atoms with Crippen LogP contribution in [0.5, 0.6) is 11.5 Å². The van der Waals surface area contributed by atoms with E-state index in [2.05, 4.69) is 0 Å². The molecule has 2 heterocycles. The molecular weight excluding hydrogens is 415 g/mol. The van der Waals surface area contributed by atoms with E-state index in [-0.39, 0.29) is 29.3 Å². The number of hydrogen-bond donors (Lipinski definition) is 2. The maximum absolute atomic E-state index is 13.3. The highest BCUT2D eigenvalue weighted by Gasteiger charge is 2.49. The lowest BCUT2D eigenvalue weighted by molar-refractivity contribution is -0.137. The second kappa shape index (κ2) is 8.31. The van der Waals surface area contributed by atoms with Crippen LogP contribution >= 0.6 is 0 Å². The molecule has 1 amide bonds. The number of nitrogens with one attached hydrogen (secondary N) is 1. The summed E-state index contributed by atoms with van der Waals surface area (Å²) in [6, 6.07) is 10.2. The molecule has 2 saturated heterocycles. The van der Waals surface area contributed by atoms with E-state index in [1.807, 2.05) is 0 Å². The predicted molar refractivity (Wildman–Crippen MR) is 103 cm³/mol. The van der Waals surface area contributed by atoms with Crippen LogP contribution in [-0.2, 0) is 19.6 Å². The highest BCUT2D eigenvalue weighted by molar-refractivity contribution is 7.89. The second-order valence-electron chi connectivity index (χ2n) is 7.21. The molecule has 3 atom stereocenters. The number of hydrogen-bond acceptors (Lipinski definition) is 6. The van der Waals surface area contributed by atoms with Crippen molar-refractivity contribution in [3.8, 4) is 11.5 Å². The van der Waals surface area contributed by atoms with E-state index in [1.165, 1.54) is 48.5 Å². The summed E-state index contributed by atoms with van der Waals surface area (Å²) in [5.41, 5.74) is 1.59. The maximum atomic E-state index is 13.3. The number of benzene rings is 2. The number of rotatable bonds is 5. The van der Waals surface area contributed by atoms with Crippen LogP contribution in [0.1, 0.15) is 12.8 Å². The molecule has 2 N–H and O–H groups in total. The van der Waals surface area contributed by atoms with Crippen LogP contribution in [-0.4, -0.2) is 49.1 Å². The van der Waals surface area contributed by atoms with E-state index in [0.29, 0.717) is 30.9 Å². The van der Waals surface area contributed by atoms with Crippen LogP contribution in [0.25, 0.3) is 0 Å². The van der Waals surface area contributed by atoms with E-state index >= 15 is 0 Å². The van der Waals surface area contributed by atoms with Gasteiger partial charge in [0.2, 0.25) is 10.0 Å². The Morgan fingerprint density at radius 1 is 1.10 bits per heavy atom. The van der Waals surface area contributed by atoms with Gasteiger partial charge >= 0.3 is 0 Å². The number of piperidine rings is 1. The Morgan fingerprint density at radius 2 is 1.73 bits per heavy atom. The minimum absolute atomic E-state index is 0.00191. The van der Waals surface area contributed by atoms with Gasteiger partial charge in [-0.3, -0.25) is 10.0 Å². The number of carbonyl (C=O) groups is 1. The topological polar surface area (TPSA) is 105 Å². The molecule has 30 heavy (non-hydrogen) atoms. The number of ether oxygens (including phenoxy) is 2. The van der Waals surface area contributed by atoms with Gasteiger partial charge in [0.15, 0.2) is 0 Å². The molecular formula is C20H21FN2O6S. The van der Waals surface area contributed by atoms with Gasteiger partial charge in [0.25, 0.3) is 5.91 Å². The van der Waals surface area contributed by atoms with E-state index in [4.69, 9.17) is 14.7 Å². The molecule has 0 radical (unpaired) electrons. The first-order valence-electron chi connectivity index (χ1n) is 9.51. The van der Waals surface area contributed by atoms with Gasteiger partial charge in [-0.05, 0) is 61.4 Å². The Kier molecular flexibility index (Phi) is 5.74. The van der Waals surface area contributed by atoms with E-state index in [0.717, 1.165) is 4.31 Å². The summed E-state index contributed by atoms with van der Waals surface area (Å²) in [6.07, 6.45) is 0.814. The van der Waals surface area contributed by atoms with Gasteiger partial charge in [-0.1, -0.05) is 0 Å². The minimum Gasteiger partial charge on any atom is -0.457 e. The summed E-state index contributed by atoms with van der Waals surface area (Å²) in [7, 11) is -4.00. The number of amides is 1. The van der Waals surface area contributed by atoms with Crippen LogP contribution in [0.2, 0.25) is 0 Å². The molecule has 0 aliphatic carbocycles. The molecule has 2 aliphatic heterocycles. The first-order valence-corrected chi connectivity index (χ1v) is 10.9. The summed E-state index contributed by atoms with van der Waals surface area (Å²) in [5, 5.41) is 9.15. The summed E-state index contributed by atoms with van der Waals surface area (Å²) in [5.74, 6) is -0.679. The molecule has 8 nitrogen and oxygen atoms in total. The highest BCUT2D eigenvalue weighted by atomic mass is 32.2. The van der Waals surface area contributed by atoms with Gasteiger partial charge < -0.3 is 9.47 Å². The maximum Gasteiger partial charge on any atom is 0.262 e. The molecule has 0 spiro atoms. The molecule has 4 rings (SSSR count). The number of sulfonamides is 1. The number of fused-ring (bicyclic) bond motifs is 1. The lowest BCUT2D eigenvalue weighted by Gasteiger charge is -2.39. The van der Waals surface area contributed by atoms with Gasteiger partial charge in [0.05, 0.1) is 11.0 Å². The smallest absolute Gasteiger partial charge is 0.262 e. The van der Waals surface area contributed by atoms with Gasteiger partial charge in [0, 0.05) is 19.1 Å². The molecule has 160 valence electrons. The summed E-state index contributed by atoms with van der Waals surface area (Å²) >= 11 is 0. The Hall–Kier alpha value is -2.53. The average molecular weight is 436 g/mol. The van der Waals surface area contributed by atoms with Crippen LogP contribution in [0.4, 0.5) is 4.39 Å². The second-order valence-corrected chi connectivity index (χ2v) is 9.11. The Labute approximate surface area is 173 Å². The van der Waals surface area contributed by atoms with Crippen LogP contribution in [0, 0.1) is 11.7 Å². The van der Waals surface area contributed by atoms with Crippen molar-refractivity contribution in [3.05, 3.63) is 54.3 Å². The van der Waals surface area contributed by atoms with E-state index in [9.17, 15) is 17.6 Å². The standard InChI is InChI=1S/C20H21FN2O6S/c21-13-1-3-14(4-2-13)29-15-5-7-16(8-6-15)30(26,27)23-11-9-18-17(10-12-28-18)19(23)20(24)22-25/h1-8,17-19,25H,9-12H2,(H,22,24). The fourth-order valence-corrected chi connectivity index (χ4v) is 5.69. The Bertz CT molecular complexity index is 1010. The normalized spacial score (nSPS) is 24.3. The summed E-state index contributed by atoms with van der Waals surface area (Å²) < 4.78 is 51.8. The largest absolute Gasteiger partial charge is 0.457 e. The fourth-order valence-electron chi connectivity index (χ4n) is 4.05. The van der Waals surface area contributed by atoms with Crippen molar-refractivity contribution in [2.24, 2.45) is 5.92 Å². The zero-order valence-corrected chi connectivity index (χ0v) is 16.7. The molecule has 2 aromatic rings. The zero-order valence-electron chi connectivity index (χ0n) is 15.9. The molecule has 0 saturated carbocycles. The van der Waals surface area contributed by atoms with Crippen molar-refractivity contribution < 1.29 is 32.3 Å². The third kappa shape index (κ3) is 3.91.